The number of halogens is 1. The smallest absolute Gasteiger partial charge is 0.322 e. The monoisotopic (exact) mass is 343 g/mol. The molecule has 3 heterocycles. The predicted octanol–water partition coefficient (Wildman–Crippen LogP) is 2.94. The van der Waals surface area contributed by atoms with E-state index in [1.54, 1.807) is 4.90 Å². The molecule has 1 aromatic rings. The normalized spacial score (nSPS) is 25.0. The second-order valence-electron chi connectivity index (χ2n) is 6.30. The van der Waals surface area contributed by atoms with E-state index in [0.29, 0.717) is 11.6 Å². The van der Waals surface area contributed by atoms with Gasteiger partial charge in [-0.15, -0.1) is 0 Å². The first-order valence-corrected chi connectivity index (χ1v) is 8.67. The highest BCUT2D eigenvalue weighted by Crippen LogP contribution is 2.32. The van der Waals surface area contributed by atoms with Crippen LogP contribution < -0.4 is 0 Å². The van der Waals surface area contributed by atoms with Crippen molar-refractivity contribution < 1.29 is 9.63 Å². The number of urea groups is 1. The van der Waals surface area contributed by atoms with Crippen LogP contribution in [-0.2, 0) is 4.84 Å². The maximum atomic E-state index is 12.6. The van der Waals surface area contributed by atoms with E-state index in [-0.39, 0.29) is 18.2 Å². The lowest BCUT2D eigenvalue weighted by Gasteiger charge is -2.27. The van der Waals surface area contributed by atoms with E-state index in [4.69, 9.17) is 16.4 Å². The van der Waals surface area contributed by atoms with Gasteiger partial charge in [0, 0.05) is 30.2 Å². The van der Waals surface area contributed by atoms with Gasteiger partial charge in [0.15, 0.2) is 0 Å². The molecule has 0 aliphatic carbocycles. The van der Waals surface area contributed by atoms with Crippen molar-refractivity contribution in [1.82, 2.24) is 9.80 Å². The third kappa shape index (κ3) is 2.83. The molecule has 0 spiro atoms. The van der Waals surface area contributed by atoms with Gasteiger partial charge in [0.05, 0.1) is 5.92 Å². The van der Waals surface area contributed by atoms with Gasteiger partial charge in [0.1, 0.15) is 5.71 Å². The van der Waals surface area contributed by atoms with Gasteiger partial charge < -0.3 is 9.74 Å². The molecule has 0 radical (unpaired) electrons. The Morgan fingerprint density at radius 1 is 1.25 bits per heavy atom. The van der Waals surface area contributed by atoms with E-state index in [1.165, 1.54) is 0 Å². The van der Waals surface area contributed by atoms with Crippen LogP contribution in [0.4, 0.5) is 4.79 Å². The molecule has 0 N–H and O–H groups in total. The van der Waals surface area contributed by atoms with Crippen molar-refractivity contribution in [3.05, 3.63) is 34.9 Å². The molecule has 6 heteroatoms. The lowest BCUT2D eigenvalue weighted by atomic mass is 10.0. The number of nitrogens with zero attached hydrogens (tertiary/aromatic N) is 3. The van der Waals surface area contributed by atoms with Crippen LogP contribution in [0.2, 0.25) is 5.02 Å². The Morgan fingerprint density at radius 3 is 2.88 bits per heavy atom. The zero-order valence-electron chi connectivity index (χ0n) is 13.2. The van der Waals surface area contributed by atoms with E-state index in [0.717, 1.165) is 43.6 Å². The SMILES string of the molecule is O=C(N1CCCC1)N1CCC2C(C#Cc3cccc(Cl)c3)=NOC21. The van der Waals surface area contributed by atoms with Gasteiger partial charge >= 0.3 is 6.03 Å². The average molecular weight is 344 g/mol. The van der Waals surface area contributed by atoms with Gasteiger partial charge in [-0.05, 0) is 43.4 Å². The number of likely N-dealkylation sites (tertiary alicyclic amines) is 2. The zero-order chi connectivity index (χ0) is 16.5. The van der Waals surface area contributed by atoms with Crippen LogP contribution in [0.3, 0.4) is 0 Å². The van der Waals surface area contributed by atoms with Crippen molar-refractivity contribution in [2.24, 2.45) is 11.1 Å². The Labute approximate surface area is 146 Å². The van der Waals surface area contributed by atoms with Crippen molar-refractivity contribution in [2.75, 3.05) is 19.6 Å². The number of carbonyl (C=O) groups excluding carboxylic acids is 1. The van der Waals surface area contributed by atoms with Crippen molar-refractivity contribution >= 4 is 23.3 Å². The minimum atomic E-state index is -0.304. The molecular weight excluding hydrogens is 326 g/mol. The number of carbonyl (C=O) groups is 1. The third-order valence-electron chi connectivity index (χ3n) is 4.72. The van der Waals surface area contributed by atoms with Crippen molar-refractivity contribution in [1.29, 1.82) is 0 Å². The van der Waals surface area contributed by atoms with E-state index in [9.17, 15) is 4.79 Å². The predicted molar refractivity (Wildman–Crippen MR) is 91.7 cm³/mol. The summed E-state index contributed by atoms with van der Waals surface area (Å²) in [6.45, 7) is 2.38. The minimum absolute atomic E-state index is 0.0688. The zero-order valence-corrected chi connectivity index (χ0v) is 14.0. The standard InChI is InChI=1S/C18H18ClN3O2/c19-14-5-3-4-13(12-14)6-7-16-15-8-11-22(17(15)24-20-16)18(23)21-9-1-2-10-21/h3-5,12,15,17H,1-2,8-11H2. The number of hydrogen-bond acceptors (Lipinski definition) is 3. The minimum Gasteiger partial charge on any atom is -0.369 e. The quantitative estimate of drug-likeness (QED) is 0.680. The second-order valence-corrected chi connectivity index (χ2v) is 6.73. The number of benzene rings is 1. The molecule has 5 nitrogen and oxygen atoms in total. The summed E-state index contributed by atoms with van der Waals surface area (Å²) in [5.41, 5.74) is 1.56. The van der Waals surface area contributed by atoms with E-state index < -0.39 is 0 Å². The Balaban J connectivity index is 1.45. The molecule has 124 valence electrons. The Morgan fingerprint density at radius 2 is 2.08 bits per heavy atom. The molecule has 24 heavy (non-hydrogen) atoms. The molecule has 0 aromatic heterocycles. The van der Waals surface area contributed by atoms with Crippen LogP contribution in [0.1, 0.15) is 24.8 Å². The van der Waals surface area contributed by atoms with Crippen LogP contribution in [0, 0.1) is 17.8 Å². The highest BCUT2D eigenvalue weighted by molar-refractivity contribution is 6.30. The summed E-state index contributed by atoms with van der Waals surface area (Å²) in [4.78, 5) is 21.8. The fourth-order valence-electron chi connectivity index (χ4n) is 3.46. The molecule has 3 aliphatic heterocycles. The second kappa shape index (κ2) is 6.37. The summed E-state index contributed by atoms with van der Waals surface area (Å²) < 4.78 is 0. The summed E-state index contributed by atoms with van der Waals surface area (Å²) >= 11 is 5.97. The Bertz CT molecular complexity index is 746. The first-order valence-electron chi connectivity index (χ1n) is 8.29. The molecule has 2 atom stereocenters. The summed E-state index contributed by atoms with van der Waals surface area (Å²) in [7, 11) is 0. The lowest BCUT2D eigenvalue weighted by molar-refractivity contribution is -0.0126. The van der Waals surface area contributed by atoms with Gasteiger partial charge in [-0.3, -0.25) is 4.90 Å². The maximum absolute atomic E-state index is 12.6. The number of oxime groups is 1. The maximum Gasteiger partial charge on any atom is 0.322 e. The number of rotatable bonds is 0. The Hall–Kier alpha value is -2.19. The molecule has 2 unspecified atom stereocenters. The van der Waals surface area contributed by atoms with E-state index >= 15 is 0 Å². The van der Waals surface area contributed by atoms with Crippen molar-refractivity contribution in [3.8, 4) is 11.8 Å². The van der Waals surface area contributed by atoms with Crippen LogP contribution >= 0.6 is 11.6 Å². The molecule has 3 aliphatic rings. The van der Waals surface area contributed by atoms with Gasteiger partial charge in [-0.25, -0.2) is 4.79 Å². The van der Waals surface area contributed by atoms with Crippen molar-refractivity contribution in [3.63, 3.8) is 0 Å². The van der Waals surface area contributed by atoms with Gasteiger partial charge in [-0.1, -0.05) is 28.7 Å². The molecular formula is C18H18ClN3O2. The molecule has 2 amide bonds. The molecule has 4 rings (SSSR count). The number of fused-ring (bicyclic) bond motifs is 1. The molecule has 0 bridgehead atoms. The highest BCUT2D eigenvalue weighted by Gasteiger charge is 2.46. The van der Waals surface area contributed by atoms with Crippen LogP contribution in [0.5, 0.6) is 0 Å². The summed E-state index contributed by atoms with van der Waals surface area (Å²) in [5, 5.41) is 4.77. The third-order valence-corrected chi connectivity index (χ3v) is 4.96. The van der Waals surface area contributed by atoms with Crippen molar-refractivity contribution in [2.45, 2.75) is 25.5 Å². The molecule has 1 aromatic carbocycles. The number of amides is 2. The highest BCUT2D eigenvalue weighted by atomic mass is 35.5. The van der Waals surface area contributed by atoms with Crippen LogP contribution in [-0.4, -0.2) is 47.4 Å². The van der Waals surface area contributed by atoms with Gasteiger partial charge in [0.25, 0.3) is 0 Å². The topological polar surface area (TPSA) is 45.1 Å². The first kappa shape index (κ1) is 15.3. The fraction of sp³-hybridized carbons (Fsp3) is 0.444. The summed E-state index contributed by atoms with van der Waals surface area (Å²) in [5.74, 6) is 6.24. The molecule has 2 saturated heterocycles. The van der Waals surface area contributed by atoms with Crippen LogP contribution in [0.25, 0.3) is 0 Å². The summed E-state index contributed by atoms with van der Waals surface area (Å²) in [6, 6.07) is 7.48. The van der Waals surface area contributed by atoms with E-state index in [2.05, 4.69) is 17.0 Å². The molecule has 2 fully saturated rings. The fourth-order valence-corrected chi connectivity index (χ4v) is 3.65. The first-order chi connectivity index (χ1) is 11.7. The Kier molecular flexibility index (Phi) is 4.07. The summed E-state index contributed by atoms with van der Waals surface area (Å²) in [6.07, 6.45) is 2.71. The van der Waals surface area contributed by atoms with Crippen LogP contribution in [0.15, 0.2) is 29.4 Å². The molecule has 0 saturated carbocycles. The van der Waals surface area contributed by atoms with Gasteiger partial charge in [0.2, 0.25) is 6.23 Å². The largest absolute Gasteiger partial charge is 0.369 e. The lowest BCUT2D eigenvalue weighted by Crippen LogP contribution is -2.45. The average Bonchev–Trinajstić information content (AvgIpc) is 3.30. The van der Waals surface area contributed by atoms with E-state index in [1.807, 2.05) is 29.2 Å². The van der Waals surface area contributed by atoms with Gasteiger partial charge in [-0.2, -0.15) is 0 Å². The number of hydrogen-bond donors (Lipinski definition) is 0.